The van der Waals surface area contributed by atoms with Gasteiger partial charge in [0.2, 0.25) is 5.89 Å². The Bertz CT molecular complexity index is 631. The van der Waals surface area contributed by atoms with E-state index >= 15 is 0 Å². The largest absolute Gasteiger partial charge is 0.438 e. The first-order chi connectivity index (χ1) is 9.75. The molecular weight excluding hydrogens is 248 g/mol. The Morgan fingerprint density at radius 3 is 2.00 bits per heavy atom. The predicted molar refractivity (Wildman–Crippen MR) is 80.0 cm³/mol. The molecule has 2 N–H and O–H groups in total. The zero-order chi connectivity index (χ0) is 13.9. The second-order valence-corrected chi connectivity index (χ2v) is 4.75. The maximum atomic E-state index is 5.90. The lowest BCUT2D eigenvalue weighted by molar-refractivity contribution is 0.474. The summed E-state index contributed by atoms with van der Waals surface area (Å²) in [4.78, 5) is 4.56. The standard InChI is InChI=1S/C17H16N2O/c1-12(18)17-19-15(13-8-4-2-5-9-13)16(20-17)14-10-6-3-7-11-14/h2-12H,18H2,1H3. The van der Waals surface area contributed by atoms with Gasteiger partial charge < -0.3 is 10.2 Å². The van der Waals surface area contributed by atoms with Crippen LogP contribution in [0.5, 0.6) is 0 Å². The Kier molecular flexibility index (Phi) is 3.35. The fourth-order valence-electron chi connectivity index (χ4n) is 2.11. The Hall–Kier alpha value is -2.39. The summed E-state index contributed by atoms with van der Waals surface area (Å²) in [6, 6.07) is 19.8. The van der Waals surface area contributed by atoms with Crippen molar-refractivity contribution >= 4 is 0 Å². The first-order valence-electron chi connectivity index (χ1n) is 6.63. The number of hydrogen-bond donors (Lipinski definition) is 1. The van der Waals surface area contributed by atoms with Gasteiger partial charge in [0.05, 0.1) is 6.04 Å². The lowest BCUT2D eigenvalue weighted by Gasteiger charge is -2.00. The van der Waals surface area contributed by atoms with Crippen molar-refractivity contribution in [3.8, 4) is 22.6 Å². The molecule has 3 rings (SSSR count). The molecule has 1 unspecified atom stereocenters. The fourth-order valence-corrected chi connectivity index (χ4v) is 2.11. The highest BCUT2D eigenvalue weighted by Crippen LogP contribution is 2.33. The minimum Gasteiger partial charge on any atom is -0.438 e. The van der Waals surface area contributed by atoms with Crippen molar-refractivity contribution in [2.24, 2.45) is 5.73 Å². The van der Waals surface area contributed by atoms with Gasteiger partial charge in [-0.1, -0.05) is 60.7 Å². The normalized spacial score (nSPS) is 12.3. The average Bonchev–Trinajstić information content (AvgIpc) is 2.94. The maximum Gasteiger partial charge on any atom is 0.212 e. The predicted octanol–water partition coefficient (Wildman–Crippen LogP) is 4.03. The zero-order valence-corrected chi connectivity index (χ0v) is 11.3. The van der Waals surface area contributed by atoms with Gasteiger partial charge in [0.15, 0.2) is 5.76 Å². The van der Waals surface area contributed by atoms with Crippen LogP contribution >= 0.6 is 0 Å². The molecule has 3 aromatic rings. The van der Waals surface area contributed by atoms with Crippen molar-refractivity contribution in [2.75, 3.05) is 0 Å². The third kappa shape index (κ3) is 2.36. The van der Waals surface area contributed by atoms with E-state index in [1.165, 1.54) is 0 Å². The number of benzene rings is 2. The van der Waals surface area contributed by atoms with E-state index in [-0.39, 0.29) is 6.04 Å². The summed E-state index contributed by atoms with van der Waals surface area (Å²) >= 11 is 0. The number of hydrogen-bond acceptors (Lipinski definition) is 3. The molecule has 1 atom stereocenters. The van der Waals surface area contributed by atoms with Crippen LogP contribution in [0.4, 0.5) is 0 Å². The third-order valence-electron chi connectivity index (χ3n) is 3.12. The molecule has 0 aliphatic rings. The maximum absolute atomic E-state index is 5.90. The Balaban J connectivity index is 2.18. The van der Waals surface area contributed by atoms with Crippen LogP contribution in [0.3, 0.4) is 0 Å². The highest BCUT2D eigenvalue weighted by atomic mass is 16.4. The van der Waals surface area contributed by atoms with E-state index in [9.17, 15) is 0 Å². The first-order valence-corrected chi connectivity index (χ1v) is 6.63. The minimum absolute atomic E-state index is 0.227. The number of oxazole rings is 1. The zero-order valence-electron chi connectivity index (χ0n) is 11.3. The molecule has 3 heteroatoms. The molecule has 0 aliphatic carbocycles. The molecule has 0 fully saturated rings. The van der Waals surface area contributed by atoms with E-state index in [1.54, 1.807) is 0 Å². The molecular formula is C17H16N2O. The summed E-state index contributed by atoms with van der Waals surface area (Å²) < 4.78 is 5.88. The molecule has 0 saturated heterocycles. The summed E-state index contributed by atoms with van der Waals surface area (Å²) in [5.74, 6) is 1.33. The second-order valence-electron chi connectivity index (χ2n) is 4.75. The van der Waals surface area contributed by atoms with Gasteiger partial charge in [-0.25, -0.2) is 4.98 Å². The van der Waals surface area contributed by atoms with Crippen LogP contribution in [-0.4, -0.2) is 4.98 Å². The molecule has 0 bridgehead atoms. The molecule has 20 heavy (non-hydrogen) atoms. The van der Waals surface area contributed by atoms with Gasteiger partial charge >= 0.3 is 0 Å². The Labute approximate surface area is 118 Å². The van der Waals surface area contributed by atoms with Crippen molar-refractivity contribution in [3.63, 3.8) is 0 Å². The van der Waals surface area contributed by atoms with E-state index in [0.717, 1.165) is 22.6 Å². The van der Waals surface area contributed by atoms with Gasteiger partial charge in [0.25, 0.3) is 0 Å². The molecule has 0 aliphatic heterocycles. The monoisotopic (exact) mass is 264 g/mol. The van der Waals surface area contributed by atoms with Gasteiger partial charge in [-0.2, -0.15) is 0 Å². The molecule has 1 heterocycles. The van der Waals surface area contributed by atoms with Crippen molar-refractivity contribution in [3.05, 3.63) is 66.6 Å². The summed E-state index contributed by atoms with van der Waals surface area (Å²) in [6.07, 6.45) is 0. The summed E-state index contributed by atoms with van der Waals surface area (Å²) in [5, 5.41) is 0. The molecule has 0 amide bonds. The fraction of sp³-hybridized carbons (Fsp3) is 0.118. The smallest absolute Gasteiger partial charge is 0.212 e. The summed E-state index contributed by atoms with van der Waals surface area (Å²) in [6.45, 7) is 1.87. The highest BCUT2D eigenvalue weighted by molar-refractivity contribution is 5.76. The van der Waals surface area contributed by atoms with Crippen LogP contribution in [0.2, 0.25) is 0 Å². The quantitative estimate of drug-likeness (QED) is 0.777. The van der Waals surface area contributed by atoms with Gasteiger partial charge in [0, 0.05) is 11.1 Å². The first kappa shape index (κ1) is 12.6. The van der Waals surface area contributed by atoms with Crippen molar-refractivity contribution in [1.82, 2.24) is 4.98 Å². The molecule has 100 valence electrons. The molecule has 2 aromatic carbocycles. The van der Waals surface area contributed by atoms with Crippen molar-refractivity contribution in [2.45, 2.75) is 13.0 Å². The van der Waals surface area contributed by atoms with E-state index in [4.69, 9.17) is 10.2 Å². The highest BCUT2D eigenvalue weighted by Gasteiger charge is 2.18. The van der Waals surface area contributed by atoms with Crippen LogP contribution in [0, 0.1) is 0 Å². The SMILES string of the molecule is CC(N)c1nc(-c2ccccc2)c(-c2ccccc2)o1. The van der Waals surface area contributed by atoms with Crippen LogP contribution in [0.1, 0.15) is 18.9 Å². The molecule has 0 spiro atoms. The average molecular weight is 264 g/mol. The molecule has 0 radical (unpaired) electrons. The molecule has 3 nitrogen and oxygen atoms in total. The van der Waals surface area contributed by atoms with Crippen LogP contribution in [-0.2, 0) is 0 Å². The van der Waals surface area contributed by atoms with Crippen LogP contribution < -0.4 is 5.73 Å². The third-order valence-corrected chi connectivity index (χ3v) is 3.12. The Morgan fingerprint density at radius 1 is 0.900 bits per heavy atom. The number of rotatable bonds is 3. The minimum atomic E-state index is -0.227. The summed E-state index contributed by atoms with van der Waals surface area (Å²) in [5.41, 5.74) is 8.77. The lowest BCUT2D eigenvalue weighted by Crippen LogP contribution is -2.04. The van der Waals surface area contributed by atoms with Crippen molar-refractivity contribution < 1.29 is 4.42 Å². The molecule has 0 saturated carbocycles. The second kappa shape index (κ2) is 5.31. The number of nitrogens with zero attached hydrogens (tertiary/aromatic N) is 1. The van der Waals surface area contributed by atoms with Gasteiger partial charge in [-0.05, 0) is 6.92 Å². The number of aromatic nitrogens is 1. The topological polar surface area (TPSA) is 52.0 Å². The van der Waals surface area contributed by atoms with E-state index < -0.39 is 0 Å². The lowest BCUT2D eigenvalue weighted by atomic mass is 10.1. The summed E-state index contributed by atoms with van der Waals surface area (Å²) in [7, 11) is 0. The van der Waals surface area contributed by atoms with Crippen LogP contribution in [0.25, 0.3) is 22.6 Å². The Morgan fingerprint density at radius 2 is 1.45 bits per heavy atom. The van der Waals surface area contributed by atoms with Crippen molar-refractivity contribution in [1.29, 1.82) is 0 Å². The molecule has 1 aromatic heterocycles. The van der Waals surface area contributed by atoms with E-state index in [1.807, 2.05) is 67.6 Å². The van der Waals surface area contributed by atoms with E-state index in [0.29, 0.717) is 5.89 Å². The van der Waals surface area contributed by atoms with Gasteiger partial charge in [0.1, 0.15) is 5.69 Å². The van der Waals surface area contributed by atoms with Gasteiger partial charge in [-0.15, -0.1) is 0 Å². The van der Waals surface area contributed by atoms with E-state index in [2.05, 4.69) is 4.98 Å². The van der Waals surface area contributed by atoms with Crippen LogP contribution in [0.15, 0.2) is 65.1 Å². The number of nitrogens with two attached hydrogens (primary N) is 1. The van der Waals surface area contributed by atoms with Gasteiger partial charge in [-0.3, -0.25) is 0 Å².